The number of hydrogen-bond acceptors (Lipinski definition) is 4. The molecule has 2 aliphatic rings. The fourth-order valence-electron chi connectivity index (χ4n) is 6.10. The third-order valence-corrected chi connectivity index (χ3v) is 8.47. The lowest BCUT2D eigenvalue weighted by molar-refractivity contribution is -0.120. The summed E-state index contributed by atoms with van der Waals surface area (Å²) in [5.74, 6) is 0.857. The second-order valence-electron chi connectivity index (χ2n) is 11.4. The van der Waals surface area contributed by atoms with Gasteiger partial charge in [0.15, 0.2) is 0 Å². The molecule has 0 radical (unpaired) electrons. The van der Waals surface area contributed by atoms with Gasteiger partial charge in [-0.25, -0.2) is 4.98 Å². The molecule has 41 heavy (non-hydrogen) atoms. The van der Waals surface area contributed by atoms with Gasteiger partial charge in [0.05, 0.1) is 29.8 Å². The number of ether oxygens (including phenoxy) is 1. The predicted octanol–water partition coefficient (Wildman–Crippen LogP) is 7.01. The number of hydrogen-bond donors (Lipinski definition) is 3. The zero-order valence-corrected chi connectivity index (χ0v) is 23.4. The van der Waals surface area contributed by atoms with Crippen LogP contribution in [-0.4, -0.2) is 33.9 Å². The standard InChI is InChI=1S/C34H38N4O3/c39-33(25-11-6-1-2-7-12-25)35-27-18-15-24(16-19-27)32-36-28-20-17-26(21-30(28)37-32)34(40)38-29-13-8-14-31(29)41-22-23-9-4-3-5-10-23/h3-5,9-10,15-21,25,29,31H,1-2,6-8,11-14,22H2,(H,35,39)(H,36,37)(H,38,40). The van der Waals surface area contributed by atoms with Crippen molar-refractivity contribution in [1.82, 2.24) is 15.3 Å². The van der Waals surface area contributed by atoms with E-state index >= 15 is 0 Å². The van der Waals surface area contributed by atoms with Crippen LogP contribution in [0.5, 0.6) is 0 Å². The fraction of sp³-hybridized carbons (Fsp3) is 0.382. The smallest absolute Gasteiger partial charge is 0.251 e. The van der Waals surface area contributed by atoms with Crippen LogP contribution in [-0.2, 0) is 16.1 Å². The Morgan fingerprint density at radius 2 is 1.63 bits per heavy atom. The number of anilines is 1. The summed E-state index contributed by atoms with van der Waals surface area (Å²) in [5, 5.41) is 6.29. The first kappa shape index (κ1) is 27.2. The highest BCUT2D eigenvalue weighted by atomic mass is 16.5. The molecule has 7 heteroatoms. The van der Waals surface area contributed by atoms with E-state index in [4.69, 9.17) is 9.72 Å². The predicted molar refractivity (Wildman–Crippen MR) is 161 cm³/mol. The lowest BCUT2D eigenvalue weighted by Gasteiger charge is -2.21. The van der Waals surface area contributed by atoms with E-state index in [0.717, 1.165) is 78.6 Å². The Bertz CT molecular complexity index is 1470. The van der Waals surface area contributed by atoms with Crippen molar-refractivity contribution in [1.29, 1.82) is 0 Å². The maximum absolute atomic E-state index is 13.2. The molecule has 2 unspecified atom stereocenters. The lowest BCUT2D eigenvalue weighted by atomic mass is 9.99. The normalized spacial score (nSPS) is 19.6. The molecule has 2 saturated carbocycles. The SMILES string of the molecule is O=C(NC1CCCC1OCc1ccccc1)c1ccc2[nH]c(-c3ccc(NC(=O)C4CCCCCC4)cc3)nc2c1. The lowest BCUT2D eigenvalue weighted by Crippen LogP contribution is -2.41. The molecule has 0 bridgehead atoms. The van der Waals surface area contributed by atoms with Gasteiger partial charge in [0, 0.05) is 22.7 Å². The fourth-order valence-corrected chi connectivity index (χ4v) is 6.10. The summed E-state index contributed by atoms with van der Waals surface area (Å²) < 4.78 is 6.17. The van der Waals surface area contributed by atoms with Crippen LogP contribution >= 0.6 is 0 Å². The molecule has 1 heterocycles. The average molecular weight is 551 g/mol. The molecule has 212 valence electrons. The Balaban J connectivity index is 1.08. The number of nitrogens with one attached hydrogen (secondary N) is 3. The third-order valence-electron chi connectivity index (χ3n) is 8.47. The van der Waals surface area contributed by atoms with E-state index in [1.54, 1.807) is 0 Å². The number of nitrogens with zero attached hydrogens (tertiary/aromatic N) is 1. The van der Waals surface area contributed by atoms with Crippen LogP contribution < -0.4 is 10.6 Å². The molecule has 7 nitrogen and oxygen atoms in total. The summed E-state index contributed by atoms with van der Waals surface area (Å²) in [6.07, 6.45) is 9.60. The number of imidazole rings is 1. The van der Waals surface area contributed by atoms with E-state index in [1.807, 2.05) is 60.7 Å². The first-order chi connectivity index (χ1) is 20.1. The van der Waals surface area contributed by atoms with E-state index in [1.165, 1.54) is 12.8 Å². The summed E-state index contributed by atoms with van der Waals surface area (Å²) in [4.78, 5) is 34.0. The molecule has 3 N–H and O–H groups in total. The Kier molecular flexibility index (Phi) is 8.42. The quantitative estimate of drug-likeness (QED) is 0.206. The van der Waals surface area contributed by atoms with E-state index in [0.29, 0.717) is 12.2 Å². The van der Waals surface area contributed by atoms with Gasteiger partial charge >= 0.3 is 0 Å². The highest BCUT2D eigenvalue weighted by molar-refractivity contribution is 5.98. The minimum Gasteiger partial charge on any atom is -0.371 e. The first-order valence-corrected chi connectivity index (χ1v) is 15.0. The second-order valence-corrected chi connectivity index (χ2v) is 11.4. The molecule has 0 spiro atoms. The van der Waals surface area contributed by atoms with Crippen LogP contribution in [0.15, 0.2) is 72.8 Å². The molecule has 2 atom stereocenters. The van der Waals surface area contributed by atoms with E-state index in [-0.39, 0.29) is 29.9 Å². The van der Waals surface area contributed by atoms with Gasteiger partial charge in [-0.15, -0.1) is 0 Å². The molecule has 1 aromatic heterocycles. The minimum absolute atomic E-state index is 0.00165. The molecule has 6 rings (SSSR count). The highest BCUT2D eigenvalue weighted by Gasteiger charge is 2.30. The van der Waals surface area contributed by atoms with Crippen molar-refractivity contribution in [3.8, 4) is 11.4 Å². The number of fused-ring (bicyclic) bond motifs is 1. The van der Waals surface area contributed by atoms with Gasteiger partial charge in [-0.1, -0.05) is 56.0 Å². The average Bonchev–Trinajstić information content (AvgIpc) is 3.53. The summed E-state index contributed by atoms with van der Waals surface area (Å²) in [6, 6.07) is 23.5. The number of H-pyrrole nitrogens is 1. The van der Waals surface area contributed by atoms with Crippen LogP contribution in [0, 0.1) is 5.92 Å². The molecule has 3 aromatic carbocycles. The van der Waals surface area contributed by atoms with Gasteiger partial charge < -0.3 is 20.4 Å². The molecule has 4 aromatic rings. The maximum Gasteiger partial charge on any atom is 0.251 e. The molecular formula is C34H38N4O3. The van der Waals surface area contributed by atoms with Crippen LogP contribution in [0.25, 0.3) is 22.4 Å². The number of aromatic nitrogens is 2. The Morgan fingerprint density at radius 3 is 2.41 bits per heavy atom. The number of carbonyl (C=O) groups is 2. The molecule has 2 amide bonds. The number of rotatable bonds is 8. The van der Waals surface area contributed by atoms with Gasteiger partial charge in [-0.05, 0) is 80.1 Å². The Labute approximate surface area is 241 Å². The number of carbonyl (C=O) groups excluding carboxylic acids is 2. The van der Waals surface area contributed by atoms with Crippen molar-refractivity contribution in [2.45, 2.75) is 76.5 Å². The number of amides is 2. The Hall–Kier alpha value is -3.97. The molecule has 2 aliphatic carbocycles. The van der Waals surface area contributed by atoms with Gasteiger partial charge in [0.1, 0.15) is 5.82 Å². The minimum atomic E-state index is -0.106. The molecule has 0 aliphatic heterocycles. The topological polar surface area (TPSA) is 96.1 Å². The molecular weight excluding hydrogens is 512 g/mol. The summed E-state index contributed by atoms with van der Waals surface area (Å²) in [7, 11) is 0. The first-order valence-electron chi connectivity index (χ1n) is 15.0. The largest absolute Gasteiger partial charge is 0.371 e. The number of benzene rings is 3. The van der Waals surface area contributed by atoms with E-state index < -0.39 is 0 Å². The molecule has 0 saturated heterocycles. The van der Waals surface area contributed by atoms with Crippen LogP contribution in [0.3, 0.4) is 0 Å². The van der Waals surface area contributed by atoms with Gasteiger partial charge in [0.25, 0.3) is 5.91 Å². The van der Waals surface area contributed by atoms with Crippen molar-refractivity contribution in [2.75, 3.05) is 5.32 Å². The summed E-state index contributed by atoms with van der Waals surface area (Å²) in [5.41, 5.74) is 5.05. The van der Waals surface area contributed by atoms with Crippen LogP contribution in [0.4, 0.5) is 5.69 Å². The maximum atomic E-state index is 13.2. The highest BCUT2D eigenvalue weighted by Crippen LogP contribution is 2.27. The van der Waals surface area contributed by atoms with Crippen LogP contribution in [0.1, 0.15) is 73.7 Å². The summed E-state index contributed by atoms with van der Waals surface area (Å²) >= 11 is 0. The van der Waals surface area contributed by atoms with Crippen molar-refractivity contribution in [3.05, 3.63) is 83.9 Å². The van der Waals surface area contributed by atoms with Crippen LogP contribution in [0.2, 0.25) is 0 Å². The molecule has 2 fully saturated rings. The summed E-state index contributed by atoms with van der Waals surface area (Å²) in [6.45, 7) is 0.549. The zero-order valence-electron chi connectivity index (χ0n) is 23.4. The van der Waals surface area contributed by atoms with Crippen molar-refractivity contribution < 1.29 is 14.3 Å². The Morgan fingerprint density at radius 1 is 0.854 bits per heavy atom. The second kappa shape index (κ2) is 12.7. The third kappa shape index (κ3) is 6.68. The van der Waals surface area contributed by atoms with E-state index in [2.05, 4.69) is 27.8 Å². The van der Waals surface area contributed by atoms with Gasteiger partial charge in [-0.2, -0.15) is 0 Å². The van der Waals surface area contributed by atoms with Crippen molar-refractivity contribution >= 4 is 28.5 Å². The van der Waals surface area contributed by atoms with Crippen molar-refractivity contribution in [3.63, 3.8) is 0 Å². The number of aromatic amines is 1. The monoisotopic (exact) mass is 550 g/mol. The van der Waals surface area contributed by atoms with Gasteiger partial charge in [0.2, 0.25) is 5.91 Å². The van der Waals surface area contributed by atoms with Crippen molar-refractivity contribution in [2.24, 2.45) is 5.92 Å². The zero-order chi connectivity index (χ0) is 28.0. The van der Waals surface area contributed by atoms with Gasteiger partial charge in [-0.3, -0.25) is 9.59 Å². The van der Waals surface area contributed by atoms with E-state index in [9.17, 15) is 9.59 Å².